The van der Waals surface area contributed by atoms with E-state index in [0.717, 1.165) is 38.0 Å². The second kappa shape index (κ2) is 7.13. The molecule has 0 aromatic carbocycles. The highest BCUT2D eigenvalue weighted by Crippen LogP contribution is 2.55. The van der Waals surface area contributed by atoms with Crippen molar-refractivity contribution in [2.45, 2.75) is 95.9 Å². The molecule has 1 aliphatic heterocycles. The number of piperidine rings is 1. The molecule has 0 radical (unpaired) electrons. The summed E-state index contributed by atoms with van der Waals surface area (Å²) in [6, 6.07) is 2.63. The average molecular weight is 362 g/mol. The fourth-order valence-corrected chi connectivity index (χ4v) is 6.23. The summed E-state index contributed by atoms with van der Waals surface area (Å²) in [6.45, 7) is 6.43. The Morgan fingerprint density at radius 2 is 2.08 bits per heavy atom. The summed E-state index contributed by atoms with van der Waals surface area (Å²) in [4.78, 5) is 12.0. The van der Waals surface area contributed by atoms with Crippen LogP contribution in [0.3, 0.4) is 0 Å². The van der Waals surface area contributed by atoms with Crippen LogP contribution in [0.1, 0.15) is 72.1 Å². The Bertz CT molecular complexity index is 570. The molecule has 0 aromatic rings. The molecule has 26 heavy (non-hydrogen) atoms. The normalized spacial score (nSPS) is 47.1. The number of fused-ring (bicyclic) bond motifs is 3. The highest BCUT2D eigenvalue weighted by Gasteiger charge is 2.52. The van der Waals surface area contributed by atoms with Crippen LogP contribution in [0.2, 0.25) is 0 Å². The van der Waals surface area contributed by atoms with Crippen LogP contribution >= 0.6 is 0 Å². The van der Waals surface area contributed by atoms with E-state index in [2.05, 4.69) is 19.9 Å². The predicted molar refractivity (Wildman–Crippen MR) is 101 cm³/mol. The minimum atomic E-state index is -0.477. The quantitative estimate of drug-likeness (QED) is 0.756. The van der Waals surface area contributed by atoms with E-state index < -0.39 is 5.60 Å². The Kier molecular flexibility index (Phi) is 5.38. The van der Waals surface area contributed by atoms with Gasteiger partial charge in [-0.25, -0.2) is 0 Å². The van der Waals surface area contributed by atoms with Gasteiger partial charge in [-0.05, 0) is 82.0 Å². The lowest BCUT2D eigenvalue weighted by Crippen LogP contribution is -2.54. The number of likely N-dealkylation sites (tertiary alicyclic amines) is 1. The van der Waals surface area contributed by atoms with Crippen molar-refractivity contribution in [2.24, 2.45) is 28.9 Å². The number of hydrogen-bond donors (Lipinski definition) is 2. The molecule has 2 bridgehead atoms. The molecule has 0 aromatic heterocycles. The average Bonchev–Trinajstić information content (AvgIpc) is 3.24. The Morgan fingerprint density at radius 1 is 1.35 bits per heavy atom. The molecule has 0 spiro atoms. The summed E-state index contributed by atoms with van der Waals surface area (Å²) in [5.74, 6) is 2.18. The third-order valence-electron chi connectivity index (χ3n) is 7.49. The van der Waals surface area contributed by atoms with Crippen molar-refractivity contribution in [1.82, 2.24) is 4.90 Å². The van der Waals surface area contributed by atoms with Crippen LogP contribution in [0, 0.1) is 34.5 Å². The van der Waals surface area contributed by atoms with Crippen molar-refractivity contribution in [3.8, 4) is 6.07 Å². The number of carbonyl (C=O) groups excluding carboxylic acids is 1. The zero-order valence-corrected chi connectivity index (χ0v) is 16.5. The van der Waals surface area contributed by atoms with Crippen LogP contribution in [-0.4, -0.2) is 40.1 Å². The van der Waals surface area contributed by atoms with Crippen molar-refractivity contribution in [2.75, 3.05) is 0 Å². The van der Waals surface area contributed by atoms with Gasteiger partial charge in [-0.2, -0.15) is 5.26 Å². The Morgan fingerprint density at radius 3 is 2.62 bits per heavy atom. The Balaban J connectivity index is 0.000000167. The Hall–Kier alpha value is -1.12. The molecule has 5 heteroatoms. The predicted octanol–water partition coefficient (Wildman–Crippen LogP) is 2.82. The zero-order chi connectivity index (χ0) is 19.1. The zero-order valence-electron chi connectivity index (χ0n) is 16.5. The fourth-order valence-electron chi connectivity index (χ4n) is 6.23. The molecule has 4 aliphatic rings. The molecule has 1 amide bonds. The lowest BCUT2D eigenvalue weighted by atomic mass is 9.53. The van der Waals surface area contributed by atoms with Gasteiger partial charge in [0.05, 0.1) is 11.7 Å². The van der Waals surface area contributed by atoms with Crippen LogP contribution in [0.15, 0.2) is 0 Å². The van der Waals surface area contributed by atoms with Crippen LogP contribution < -0.4 is 5.73 Å². The lowest BCUT2D eigenvalue weighted by Gasteiger charge is -2.55. The number of aliphatic hydroxyl groups is 1. The summed E-state index contributed by atoms with van der Waals surface area (Å²) in [6.07, 6.45) is 9.78. The maximum absolute atomic E-state index is 10.4. The van der Waals surface area contributed by atoms with Gasteiger partial charge in [-0.3, -0.25) is 4.79 Å². The van der Waals surface area contributed by atoms with Crippen molar-refractivity contribution in [3.05, 3.63) is 0 Å². The number of nitrogens with zero attached hydrogens (tertiary/aromatic N) is 2. The molecule has 1 saturated heterocycles. The maximum Gasteiger partial charge on any atom is 0.211 e. The first-order chi connectivity index (χ1) is 12.2. The van der Waals surface area contributed by atoms with E-state index in [-0.39, 0.29) is 17.5 Å². The summed E-state index contributed by atoms with van der Waals surface area (Å²) in [5, 5.41) is 19.0. The van der Waals surface area contributed by atoms with E-state index in [1.54, 1.807) is 4.90 Å². The second-order valence-corrected chi connectivity index (χ2v) is 9.81. The largest absolute Gasteiger partial charge is 0.390 e. The van der Waals surface area contributed by atoms with Crippen molar-refractivity contribution >= 4 is 6.41 Å². The molecule has 5 nitrogen and oxygen atoms in total. The third kappa shape index (κ3) is 3.77. The van der Waals surface area contributed by atoms with E-state index in [9.17, 15) is 9.90 Å². The van der Waals surface area contributed by atoms with E-state index in [1.165, 1.54) is 25.7 Å². The van der Waals surface area contributed by atoms with Gasteiger partial charge < -0.3 is 15.7 Å². The molecule has 8 unspecified atom stereocenters. The van der Waals surface area contributed by atoms with Gasteiger partial charge in [-0.15, -0.1) is 0 Å². The monoisotopic (exact) mass is 361 g/mol. The van der Waals surface area contributed by atoms with Gasteiger partial charge >= 0.3 is 0 Å². The molecule has 3 aliphatic carbocycles. The number of rotatable bonds is 3. The minimum absolute atomic E-state index is 0.124. The number of hydrogen-bond acceptors (Lipinski definition) is 4. The van der Waals surface area contributed by atoms with Crippen molar-refractivity contribution < 1.29 is 9.90 Å². The van der Waals surface area contributed by atoms with Gasteiger partial charge in [0.2, 0.25) is 6.41 Å². The summed E-state index contributed by atoms with van der Waals surface area (Å²) < 4.78 is 0. The summed E-state index contributed by atoms with van der Waals surface area (Å²) in [7, 11) is 0. The lowest BCUT2D eigenvalue weighted by molar-refractivity contribution is -0.119. The van der Waals surface area contributed by atoms with Crippen LogP contribution in [0.4, 0.5) is 0 Å². The van der Waals surface area contributed by atoms with E-state index in [4.69, 9.17) is 11.0 Å². The maximum atomic E-state index is 10.4. The van der Waals surface area contributed by atoms with Crippen LogP contribution in [0.5, 0.6) is 0 Å². The number of nitriles is 1. The molecule has 8 atom stereocenters. The molecule has 146 valence electrons. The number of carbonyl (C=O) groups is 1. The summed E-state index contributed by atoms with van der Waals surface area (Å²) >= 11 is 0. The van der Waals surface area contributed by atoms with E-state index in [0.29, 0.717) is 17.9 Å². The molecule has 3 N–H and O–H groups in total. The van der Waals surface area contributed by atoms with Crippen LogP contribution in [-0.2, 0) is 4.79 Å². The van der Waals surface area contributed by atoms with Gasteiger partial charge in [0.1, 0.15) is 6.04 Å². The first-order valence-electron chi connectivity index (χ1n) is 10.3. The molecular weight excluding hydrogens is 326 g/mol. The third-order valence-corrected chi connectivity index (χ3v) is 7.49. The topological polar surface area (TPSA) is 90.3 Å². The van der Waals surface area contributed by atoms with Gasteiger partial charge in [0, 0.05) is 12.1 Å². The van der Waals surface area contributed by atoms with E-state index >= 15 is 0 Å². The molecule has 4 fully saturated rings. The van der Waals surface area contributed by atoms with Gasteiger partial charge in [-0.1, -0.05) is 13.3 Å². The first-order valence-corrected chi connectivity index (χ1v) is 10.3. The van der Waals surface area contributed by atoms with Gasteiger partial charge in [0.25, 0.3) is 0 Å². The molecule has 1 heterocycles. The summed E-state index contributed by atoms with van der Waals surface area (Å²) in [5.41, 5.74) is 5.97. The van der Waals surface area contributed by atoms with Crippen molar-refractivity contribution in [1.29, 1.82) is 5.26 Å². The number of nitrogens with two attached hydrogens (primary N) is 1. The SMILES string of the molecule is CCC1CC2CC(C)(O)CC(C(C)N)(C1)C2.N#CC1CC2CC2N1C=O. The first kappa shape index (κ1) is 19.6. The fraction of sp³-hybridized carbons (Fsp3) is 0.905. The van der Waals surface area contributed by atoms with Crippen LogP contribution in [0.25, 0.3) is 0 Å². The molecule has 4 rings (SSSR count). The highest BCUT2D eigenvalue weighted by atomic mass is 16.3. The standard InChI is InChI=1S/C14H27NO.C7H8N2O/c1-4-11-5-12-6-13(3,16)9-14(7-11,8-12)10(2)15;8-3-6-1-5-2-7(5)9(6)4-10/h10-12,16H,4-9,15H2,1-3H3;4-7H,1-2H2. The number of amides is 1. The van der Waals surface area contributed by atoms with Crippen molar-refractivity contribution in [3.63, 3.8) is 0 Å². The molecular formula is C21H35N3O2. The highest BCUT2D eigenvalue weighted by molar-refractivity contribution is 5.52. The minimum Gasteiger partial charge on any atom is -0.390 e. The van der Waals surface area contributed by atoms with Gasteiger partial charge in [0.15, 0.2) is 0 Å². The smallest absolute Gasteiger partial charge is 0.211 e. The Labute approximate surface area is 157 Å². The van der Waals surface area contributed by atoms with E-state index in [1.807, 2.05) is 6.92 Å². The molecule has 3 saturated carbocycles. The second-order valence-electron chi connectivity index (χ2n) is 9.81.